The van der Waals surface area contributed by atoms with E-state index in [1.54, 1.807) is 31.4 Å². The number of halogens is 3. The number of anilines is 1. The van der Waals surface area contributed by atoms with E-state index in [4.69, 9.17) is 4.74 Å². The van der Waals surface area contributed by atoms with Gasteiger partial charge in [-0.25, -0.2) is 0 Å². The van der Waals surface area contributed by atoms with E-state index in [2.05, 4.69) is 10.6 Å². The fourth-order valence-electron chi connectivity index (χ4n) is 2.80. The number of nitrogens with one attached hydrogen (secondary N) is 2. The standard InChI is InChI=1S/C20H19F3N2O3/c1-28-16-7-5-13(6-8-16)12-24-17(26)19(9-10-19)18(27)25-15-4-2-3-14(11-15)20(21,22)23/h2-8,11H,9-10,12H2,1H3,(H,24,26)(H,25,27). The summed E-state index contributed by atoms with van der Waals surface area (Å²) in [6.07, 6.45) is -3.80. The maximum atomic E-state index is 12.8. The molecule has 1 aliphatic rings. The van der Waals surface area contributed by atoms with Crippen molar-refractivity contribution in [3.8, 4) is 5.75 Å². The summed E-state index contributed by atoms with van der Waals surface area (Å²) in [7, 11) is 1.55. The van der Waals surface area contributed by atoms with Crippen molar-refractivity contribution in [3.63, 3.8) is 0 Å². The molecule has 3 rings (SSSR count). The third kappa shape index (κ3) is 4.27. The van der Waals surface area contributed by atoms with Gasteiger partial charge in [0.2, 0.25) is 11.8 Å². The molecule has 2 N–H and O–H groups in total. The smallest absolute Gasteiger partial charge is 0.416 e. The molecule has 1 fully saturated rings. The van der Waals surface area contributed by atoms with Crippen LogP contribution in [0.5, 0.6) is 5.75 Å². The molecule has 148 valence electrons. The van der Waals surface area contributed by atoms with Crippen LogP contribution >= 0.6 is 0 Å². The van der Waals surface area contributed by atoms with Crippen LogP contribution in [0.4, 0.5) is 18.9 Å². The maximum absolute atomic E-state index is 12.8. The fourth-order valence-corrected chi connectivity index (χ4v) is 2.80. The first-order chi connectivity index (χ1) is 13.2. The summed E-state index contributed by atoms with van der Waals surface area (Å²) >= 11 is 0. The van der Waals surface area contributed by atoms with Crippen molar-refractivity contribution < 1.29 is 27.5 Å². The number of carbonyl (C=O) groups is 2. The van der Waals surface area contributed by atoms with E-state index >= 15 is 0 Å². The summed E-state index contributed by atoms with van der Waals surface area (Å²) in [6.45, 7) is 0.238. The van der Waals surface area contributed by atoms with Crippen LogP contribution in [0.15, 0.2) is 48.5 Å². The van der Waals surface area contributed by atoms with Crippen molar-refractivity contribution in [2.75, 3.05) is 12.4 Å². The molecule has 5 nitrogen and oxygen atoms in total. The second kappa shape index (κ2) is 7.53. The minimum absolute atomic E-state index is 0.00838. The molecule has 2 amide bonds. The molecular weight excluding hydrogens is 373 g/mol. The van der Waals surface area contributed by atoms with Crippen molar-refractivity contribution >= 4 is 17.5 Å². The Labute approximate surface area is 159 Å². The topological polar surface area (TPSA) is 67.4 Å². The summed E-state index contributed by atoms with van der Waals surface area (Å²) in [5, 5.41) is 5.16. The van der Waals surface area contributed by atoms with Crippen molar-refractivity contribution in [1.82, 2.24) is 5.32 Å². The molecule has 0 saturated heterocycles. The number of methoxy groups -OCH3 is 1. The second-order valence-corrected chi connectivity index (χ2v) is 6.65. The van der Waals surface area contributed by atoms with Gasteiger partial charge in [-0.2, -0.15) is 13.2 Å². The quantitative estimate of drug-likeness (QED) is 0.736. The van der Waals surface area contributed by atoms with E-state index in [-0.39, 0.29) is 12.2 Å². The Balaban J connectivity index is 1.62. The highest BCUT2D eigenvalue weighted by molar-refractivity contribution is 6.13. The van der Waals surface area contributed by atoms with Gasteiger partial charge in [-0.3, -0.25) is 9.59 Å². The molecule has 28 heavy (non-hydrogen) atoms. The Bertz CT molecular complexity index is 875. The first kappa shape index (κ1) is 19.7. The summed E-state index contributed by atoms with van der Waals surface area (Å²) in [4.78, 5) is 25.0. The zero-order valence-corrected chi connectivity index (χ0v) is 15.1. The molecule has 0 bridgehead atoms. The molecule has 0 unspecified atom stereocenters. The number of alkyl halides is 3. The predicted octanol–water partition coefficient (Wildman–Crippen LogP) is 3.75. The third-order valence-electron chi connectivity index (χ3n) is 4.68. The first-order valence-electron chi connectivity index (χ1n) is 8.64. The molecule has 0 spiro atoms. The highest BCUT2D eigenvalue weighted by Crippen LogP contribution is 2.47. The van der Waals surface area contributed by atoms with Crippen molar-refractivity contribution in [1.29, 1.82) is 0 Å². The van der Waals surface area contributed by atoms with Crippen LogP contribution in [0, 0.1) is 5.41 Å². The van der Waals surface area contributed by atoms with Gasteiger partial charge in [-0.15, -0.1) is 0 Å². The van der Waals surface area contributed by atoms with Gasteiger partial charge in [0.15, 0.2) is 0 Å². The summed E-state index contributed by atoms with van der Waals surface area (Å²) < 4.78 is 43.5. The summed E-state index contributed by atoms with van der Waals surface area (Å²) in [5.41, 5.74) is -1.25. The van der Waals surface area contributed by atoms with Crippen LogP contribution in [0.1, 0.15) is 24.0 Å². The monoisotopic (exact) mass is 392 g/mol. The lowest BCUT2D eigenvalue weighted by atomic mass is 10.0. The second-order valence-electron chi connectivity index (χ2n) is 6.65. The lowest BCUT2D eigenvalue weighted by Crippen LogP contribution is -2.39. The highest BCUT2D eigenvalue weighted by atomic mass is 19.4. The van der Waals surface area contributed by atoms with Crippen LogP contribution in [0.2, 0.25) is 0 Å². The molecule has 2 aromatic rings. The molecule has 0 radical (unpaired) electrons. The van der Waals surface area contributed by atoms with E-state index in [0.717, 1.165) is 17.7 Å². The minimum Gasteiger partial charge on any atom is -0.497 e. The largest absolute Gasteiger partial charge is 0.497 e. The number of hydrogen-bond acceptors (Lipinski definition) is 3. The fraction of sp³-hybridized carbons (Fsp3) is 0.300. The minimum atomic E-state index is -4.51. The number of hydrogen-bond donors (Lipinski definition) is 2. The van der Waals surface area contributed by atoms with Gasteiger partial charge in [0.25, 0.3) is 0 Å². The van der Waals surface area contributed by atoms with Gasteiger partial charge in [-0.1, -0.05) is 18.2 Å². The lowest BCUT2D eigenvalue weighted by Gasteiger charge is -2.16. The SMILES string of the molecule is COc1ccc(CNC(=O)C2(C(=O)Nc3cccc(C(F)(F)F)c3)CC2)cc1. The molecule has 8 heteroatoms. The van der Waals surface area contributed by atoms with Crippen molar-refractivity contribution in [2.45, 2.75) is 25.6 Å². The van der Waals surface area contributed by atoms with Crippen LogP contribution in [0.3, 0.4) is 0 Å². The van der Waals surface area contributed by atoms with Gasteiger partial charge in [0.05, 0.1) is 12.7 Å². The number of ether oxygens (including phenoxy) is 1. The van der Waals surface area contributed by atoms with Crippen LogP contribution in [-0.4, -0.2) is 18.9 Å². The van der Waals surface area contributed by atoms with Gasteiger partial charge < -0.3 is 15.4 Å². The van der Waals surface area contributed by atoms with Crippen LogP contribution in [0.25, 0.3) is 0 Å². The average molecular weight is 392 g/mol. The van der Waals surface area contributed by atoms with E-state index in [1.807, 2.05) is 0 Å². The highest BCUT2D eigenvalue weighted by Gasteiger charge is 2.56. The predicted molar refractivity (Wildman–Crippen MR) is 96.6 cm³/mol. The number of carbonyl (C=O) groups excluding carboxylic acids is 2. The lowest BCUT2D eigenvalue weighted by molar-refractivity contribution is -0.138. The third-order valence-corrected chi connectivity index (χ3v) is 4.68. The molecule has 0 atom stereocenters. The van der Waals surface area contributed by atoms with Crippen molar-refractivity contribution in [3.05, 3.63) is 59.7 Å². The molecular formula is C20H19F3N2O3. The van der Waals surface area contributed by atoms with Gasteiger partial charge in [-0.05, 0) is 48.7 Å². The molecule has 1 aliphatic carbocycles. The first-order valence-corrected chi connectivity index (χ1v) is 8.64. The van der Waals surface area contributed by atoms with E-state index < -0.39 is 29.0 Å². The van der Waals surface area contributed by atoms with Gasteiger partial charge in [0.1, 0.15) is 11.2 Å². The Morgan fingerprint density at radius 1 is 1.07 bits per heavy atom. The number of benzene rings is 2. The van der Waals surface area contributed by atoms with Crippen molar-refractivity contribution in [2.24, 2.45) is 5.41 Å². The maximum Gasteiger partial charge on any atom is 0.416 e. The molecule has 0 aromatic heterocycles. The molecule has 1 saturated carbocycles. The van der Waals surface area contributed by atoms with Crippen LogP contribution < -0.4 is 15.4 Å². The Hall–Kier alpha value is -3.03. The molecule has 0 heterocycles. The zero-order valence-electron chi connectivity index (χ0n) is 15.1. The van der Waals surface area contributed by atoms with E-state index in [0.29, 0.717) is 18.6 Å². The number of rotatable bonds is 6. The normalized spacial score (nSPS) is 14.9. The Morgan fingerprint density at radius 3 is 2.32 bits per heavy atom. The van der Waals surface area contributed by atoms with Gasteiger partial charge >= 0.3 is 6.18 Å². The molecule has 0 aliphatic heterocycles. The molecule has 2 aromatic carbocycles. The van der Waals surface area contributed by atoms with E-state index in [1.165, 1.54) is 12.1 Å². The zero-order chi connectivity index (χ0) is 20.4. The number of amides is 2. The average Bonchev–Trinajstić information content (AvgIpc) is 3.48. The van der Waals surface area contributed by atoms with Crippen LogP contribution in [-0.2, 0) is 22.3 Å². The summed E-state index contributed by atoms with van der Waals surface area (Å²) in [5.74, 6) is -0.346. The Morgan fingerprint density at radius 2 is 1.75 bits per heavy atom. The summed E-state index contributed by atoms with van der Waals surface area (Å²) in [6, 6.07) is 11.4. The Kier molecular flexibility index (Phi) is 5.31. The van der Waals surface area contributed by atoms with Gasteiger partial charge in [0, 0.05) is 12.2 Å². The van der Waals surface area contributed by atoms with E-state index in [9.17, 15) is 22.8 Å².